The number of hydrogen-bond donors (Lipinski definition) is 2. The molecular weight excluding hydrogens is 238 g/mol. The molecule has 1 unspecified atom stereocenters. The van der Waals surface area contributed by atoms with Gasteiger partial charge in [-0.15, -0.1) is 0 Å². The molecule has 2 rings (SSSR count). The van der Waals surface area contributed by atoms with E-state index in [2.05, 4.69) is 10.3 Å². The Labute approximate surface area is 102 Å². The summed E-state index contributed by atoms with van der Waals surface area (Å²) in [5, 5.41) is 3.19. The minimum absolute atomic E-state index is 0.251. The molecule has 0 radical (unpaired) electrons. The van der Waals surface area contributed by atoms with Crippen LogP contribution in [-0.2, 0) is 16.6 Å². The number of nitrogens with one attached hydrogen (secondary N) is 2. The number of aromatic nitrogens is 1. The predicted molar refractivity (Wildman–Crippen MR) is 67.0 cm³/mol. The highest BCUT2D eigenvalue weighted by atomic mass is 32.2. The zero-order chi connectivity index (χ0) is 12.3. The second-order valence-corrected chi connectivity index (χ2v) is 6.73. The van der Waals surface area contributed by atoms with Gasteiger partial charge in [0.1, 0.15) is 0 Å². The topological polar surface area (TPSA) is 65.2 Å². The summed E-state index contributed by atoms with van der Waals surface area (Å²) >= 11 is 0. The number of H-pyrrole nitrogens is 1. The van der Waals surface area contributed by atoms with Crippen LogP contribution in [0.15, 0.2) is 18.5 Å². The SMILES string of the molecule is CN(Cc1cc[nH]c1)S(=O)(=O)CC1CCNC1. The molecule has 0 spiro atoms. The molecule has 0 bridgehead atoms. The molecule has 1 atom stereocenters. The molecule has 96 valence electrons. The van der Waals surface area contributed by atoms with Crippen LogP contribution in [0.3, 0.4) is 0 Å². The molecule has 1 saturated heterocycles. The van der Waals surface area contributed by atoms with E-state index in [1.54, 1.807) is 13.2 Å². The summed E-state index contributed by atoms with van der Waals surface area (Å²) in [5.74, 6) is 0.509. The first kappa shape index (κ1) is 12.6. The van der Waals surface area contributed by atoms with Crippen molar-refractivity contribution >= 4 is 10.0 Å². The van der Waals surface area contributed by atoms with Gasteiger partial charge in [0.05, 0.1) is 5.75 Å². The third kappa shape index (κ3) is 3.31. The van der Waals surface area contributed by atoms with Crippen molar-refractivity contribution in [3.05, 3.63) is 24.0 Å². The zero-order valence-corrected chi connectivity index (χ0v) is 10.8. The molecule has 2 heterocycles. The van der Waals surface area contributed by atoms with Crippen molar-refractivity contribution in [2.24, 2.45) is 5.92 Å². The Morgan fingerprint density at radius 3 is 2.94 bits per heavy atom. The summed E-state index contributed by atoms with van der Waals surface area (Å²) < 4.78 is 25.6. The molecule has 0 aliphatic carbocycles. The molecule has 0 aromatic carbocycles. The van der Waals surface area contributed by atoms with E-state index in [0.29, 0.717) is 6.54 Å². The third-order valence-electron chi connectivity index (χ3n) is 3.15. The lowest BCUT2D eigenvalue weighted by atomic mass is 10.2. The van der Waals surface area contributed by atoms with E-state index < -0.39 is 10.0 Å². The molecule has 1 aromatic rings. The lowest BCUT2D eigenvalue weighted by molar-refractivity contribution is 0.456. The van der Waals surface area contributed by atoms with Gasteiger partial charge in [-0.3, -0.25) is 0 Å². The Balaban J connectivity index is 1.94. The van der Waals surface area contributed by atoms with Crippen LogP contribution in [0.1, 0.15) is 12.0 Å². The van der Waals surface area contributed by atoms with Gasteiger partial charge < -0.3 is 10.3 Å². The molecule has 1 aliphatic rings. The first-order chi connectivity index (χ1) is 8.08. The highest BCUT2D eigenvalue weighted by Gasteiger charge is 2.25. The van der Waals surface area contributed by atoms with E-state index in [-0.39, 0.29) is 11.7 Å². The first-order valence-corrected chi connectivity index (χ1v) is 7.45. The Bertz CT molecular complexity index is 435. The Hall–Kier alpha value is -0.850. The van der Waals surface area contributed by atoms with Crippen LogP contribution in [0.4, 0.5) is 0 Å². The maximum Gasteiger partial charge on any atom is 0.214 e. The van der Waals surface area contributed by atoms with Crippen LogP contribution in [0, 0.1) is 5.92 Å². The van der Waals surface area contributed by atoms with E-state index >= 15 is 0 Å². The van der Waals surface area contributed by atoms with Gasteiger partial charge in [-0.05, 0) is 37.1 Å². The van der Waals surface area contributed by atoms with Crippen molar-refractivity contribution in [2.75, 3.05) is 25.9 Å². The Morgan fingerprint density at radius 1 is 1.53 bits per heavy atom. The van der Waals surface area contributed by atoms with E-state index in [1.807, 2.05) is 12.3 Å². The van der Waals surface area contributed by atoms with Crippen molar-refractivity contribution in [3.63, 3.8) is 0 Å². The summed E-state index contributed by atoms with van der Waals surface area (Å²) in [5.41, 5.74) is 0.987. The summed E-state index contributed by atoms with van der Waals surface area (Å²) in [6.07, 6.45) is 4.58. The fraction of sp³-hybridized carbons (Fsp3) is 0.636. The quantitative estimate of drug-likeness (QED) is 0.802. The smallest absolute Gasteiger partial charge is 0.214 e. The molecule has 2 N–H and O–H groups in total. The lowest BCUT2D eigenvalue weighted by Crippen LogP contribution is -2.32. The molecule has 0 amide bonds. The van der Waals surface area contributed by atoms with Crippen LogP contribution < -0.4 is 5.32 Å². The number of sulfonamides is 1. The van der Waals surface area contributed by atoms with Gasteiger partial charge in [0.25, 0.3) is 0 Å². The van der Waals surface area contributed by atoms with Crippen LogP contribution in [0.5, 0.6) is 0 Å². The summed E-state index contributed by atoms with van der Waals surface area (Å²) in [6, 6.07) is 1.89. The number of rotatable bonds is 5. The standard InChI is InChI=1S/C11H19N3O2S/c1-14(8-10-2-4-12-6-10)17(15,16)9-11-3-5-13-7-11/h2,4,6,11-13H,3,5,7-9H2,1H3. The number of nitrogens with zero attached hydrogens (tertiary/aromatic N) is 1. The van der Waals surface area contributed by atoms with Gasteiger partial charge in [0.2, 0.25) is 10.0 Å². The van der Waals surface area contributed by atoms with Gasteiger partial charge in [0.15, 0.2) is 0 Å². The van der Waals surface area contributed by atoms with E-state index in [9.17, 15) is 8.42 Å². The second kappa shape index (κ2) is 5.20. The highest BCUT2D eigenvalue weighted by molar-refractivity contribution is 7.89. The van der Waals surface area contributed by atoms with Crippen molar-refractivity contribution in [1.29, 1.82) is 0 Å². The zero-order valence-electron chi connectivity index (χ0n) is 10.0. The summed E-state index contributed by atoms with van der Waals surface area (Å²) in [4.78, 5) is 2.93. The van der Waals surface area contributed by atoms with Crippen molar-refractivity contribution in [1.82, 2.24) is 14.6 Å². The van der Waals surface area contributed by atoms with Gasteiger partial charge in [0, 0.05) is 26.0 Å². The van der Waals surface area contributed by atoms with Gasteiger partial charge in [-0.25, -0.2) is 12.7 Å². The molecule has 6 heteroatoms. The Kier molecular flexibility index (Phi) is 3.86. The number of aromatic amines is 1. The summed E-state index contributed by atoms with van der Waals surface area (Å²) in [7, 11) is -1.50. The fourth-order valence-corrected chi connectivity index (χ4v) is 3.57. The molecule has 1 aromatic heterocycles. The van der Waals surface area contributed by atoms with Gasteiger partial charge in [-0.1, -0.05) is 0 Å². The van der Waals surface area contributed by atoms with Crippen molar-refractivity contribution in [2.45, 2.75) is 13.0 Å². The van der Waals surface area contributed by atoms with Crippen LogP contribution >= 0.6 is 0 Å². The van der Waals surface area contributed by atoms with Crippen molar-refractivity contribution < 1.29 is 8.42 Å². The molecule has 17 heavy (non-hydrogen) atoms. The minimum Gasteiger partial charge on any atom is -0.367 e. The molecule has 1 fully saturated rings. The normalized spacial score (nSPS) is 21.2. The number of hydrogen-bond acceptors (Lipinski definition) is 3. The molecule has 1 aliphatic heterocycles. The average molecular weight is 257 g/mol. The van der Waals surface area contributed by atoms with E-state index in [1.165, 1.54) is 4.31 Å². The van der Waals surface area contributed by atoms with Crippen LogP contribution in [0.2, 0.25) is 0 Å². The predicted octanol–water partition coefficient (Wildman–Crippen LogP) is 0.386. The van der Waals surface area contributed by atoms with Crippen molar-refractivity contribution in [3.8, 4) is 0 Å². The van der Waals surface area contributed by atoms with Crippen LogP contribution in [0.25, 0.3) is 0 Å². The average Bonchev–Trinajstić information content (AvgIpc) is 2.90. The van der Waals surface area contributed by atoms with Gasteiger partial charge >= 0.3 is 0 Å². The van der Waals surface area contributed by atoms with E-state index in [0.717, 1.165) is 25.1 Å². The largest absolute Gasteiger partial charge is 0.367 e. The first-order valence-electron chi connectivity index (χ1n) is 5.84. The minimum atomic E-state index is -3.14. The van der Waals surface area contributed by atoms with E-state index in [4.69, 9.17) is 0 Å². The highest BCUT2D eigenvalue weighted by Crippen LogP contribution is 2.14. The van der Waals surface area contributed by atoms with Crippen LogP contribution in [-0.4, -0.2) is 43.6 Å². The Morgan fingerprint density at radius 2 is 2.35 bits per heavy atom. The molecular formula is C11H19N3O2S. The second-order valence-electron chi connectivity index (χ2n) is 4.61. The maximum atomic E-state index is 12.1. The third-order valence-corrected chi connectivity index (χ3v) is 5.12. The summed E-state index contributed by atoms with van der Waals surface area (Å²) in [6.45, 7) is 2.19. The molecule has 5 nitrogen and oxygen atoms in total. The van der Waals surface area contributed by atoms with Gasteiger partial charge in [-0.2, -0.15) is 0 Å². The lowest BCUT2D eigenvalue weighted by Gasteiger charge is -2.18. The molecule has 0 saturated carbocycles. The fourth-order valence-electron chi connectivity index (χ4n) is 2.09. The monoisotopic (exact) mass is 257 g/mol. The maximum absolute atomic E-state index is 12.1.